The van der Waals surface area contributed by atoms with Crippen LogP contribution in [-0.2, 0) is 7.05 Å². The first-order chi connectivity index (χ1) is 7.68. The normalized spacial score (nSPS) is 24.6. The second-order valence-electron chi connectivity index (χ2n) is 4.43. The summed E-state index contributed by atoms with van der Waals surface area (Å²) in [4.78, 5) is 15.7. The lowest BCUT2D eigenvalue weighted by atomic mass is 10.1. The Labute approximate surface area is 94.7 Å². The van der Waals surface area contributed by atoms with E-state index in [-0.39, 0.29) is 11.6 Å². The van der Waals surface area contributed by atoms with Crippen molar-refractivity contribution in [1.29, 1.82) is 0 Å². The Bertz CT molecular complexity index is 415. The standard InChI is InChI=1S/C11H18N4O/c1-15-6-5-13-10(11(15)16)14-7-8-3-2-4-9(8)12/h5-6,8-9H,2-4,7,12H2,1H3,(H,13,14). The number of nitrogens with zero attached hydrogens (tertiary/aromatic N) is 2. The van der Waals surface area contributed by atoms with Crippen LogP contribution in [0.15, 0.2) is 17.2 Å². The Morgan fingerprint density at radius 1 is 1.62 bits per heavy atom. The first-order valence-electron chi connectivity index (χ1n) is 5.69. The lowest BCUT2D eigenvalue weighted by molar-refractivity contribution is 0.504. The summed E-state index contributed by atoms with van der Waals surface area (Å²) in [6.45, 7) is 0.743. The van der Waals surface area contributed by atoms with Gasteiger partial charge < -0.3 is 15.6 Å². The molecule has 88 valence electrons. The van der Waals surface area contributed by atoms with Gasteiger partial charge in [0.15, 0.2) is 5.82 Å². The van der Waals surface area contributed by atoms with Crippen molar-refractivity contribution in [3.8, 4) is 0 Å². The number of aromatic nitrogens is 2. The Balaban J connectivity index is 1.99. The van der Waals surface area contributed by atoms with Crippen LogP contribution in [0.2, 0.25) is 0 Å². The van der Waals surface area contributed by atoms with Crippen LogP contribution in [0.5, 0.6) is 0 Å². The van der Waals surface area contributed by atoms with Crippen molar-refractivity contribution >= 4 is 5.82 Å². The van der Waals surface area contributed by atoms with Crippen molar-refractivity contribution in [2.75, 3.05) is 11.9 Å². The number of aryl methyl sites for hydroxylation is 1. The maximum atomic E-state index is 11.7. The number of rotatable bonds is 3. The number of anilines is 1. The van der Waals surface area contributed by atoms with E-state index in [4.69, 9.17) is 5.73 Å². The molecule has 2 rings (SSSR count). The third-order valence-corrected chi connectivity index (χ3v) is 3.27. The smallest absolute Gasteiger partial charge is 0.293 e. The zero-order chi connectivity index (χ0) is 11.5. The summed E-state index contributed by atoms with van der Waals surface area (Å²) in [5, 5.41) is 3.10. The summed E-state index contributed by atoms with van der Waals surface area (Å²) in [6, 6.07) is 0.264. The van der Waals surface area contributed by atoms with E-state index in [0.29, 0.717) is 11.7 Å². The molecule has 1 saturated carbocycles. The van der Waals surface area contributed by atoms with Crippen LogP contribution < -0.4 is 16.6 Å². The molecule has 2 unspecified atom stereocenters. The summed E-state index contributed by atoms with van der Waals surface area (Å²) in [7, 11) is 1.72. The molecule has 5 heteroatoms. The minimum absolute atomic E-state index is 0.0888. The Kier molecular flexibility index (Phi) is 3.24. The largest absolute Gasteiger partial charge is 0.365 e. The van der Waals surface area contributed by atoms with Gasteiger partial charge in [-0.25, -0.2) is 4.98 Å². The maximum absolute atomic E-state index is 11.7. The highest BCUT2D eigenvalue weighted by Gasteiger charge is 2.23. The second-order valence-corrected chi connectivity index (χ2v) is 4.43. The number of nitrogens with two attached hydrogens (primary N) is 1. The van der Waals surface area contributed by atoms with Crippen LogP contribution in [-0.4, -0.2) is 22.1 Å². The van der Waals surface area contributed by atoms with Crippen molar-refractivity contribution in [2.45, 2.75) is 25.3 Å². The van der Waals surface area contributed by atoms with E-state index in [9.17, 15) is 4.79 Å². The molecule has 0 radical (unpaired) electrons. The topological polar surface area (TPSA) is 72.9 Å². The van der Waals surface area contributed by atoms with Gasteiger partial charge in [-0.1, -0.05) is 6.42 Å². The van der Waals surface area contributed by atoms with E-state index in [0.717, 1.165) is 19.4 Å². The summed E-state index contributed by atoms with van der Waals surface area (Å²) in [6.07, 6.45) is 6.69. The molecule has 0 aliphatic heterocycles. The van der Waals surface area contributed by atoms with Gasteiger partial charge in [0.1, 0.15) is 0 Å². The lowest BCUT2D eigenvalue weighted by Crippen LogP contribution is -2.31. The van der Waals surface area contributed by atoms with E-state index in [2.05, 4.69) is 10.3 Å². The van der Waals surface area contributed by atoms with Crippen molar-refractivity contribution < 1.29 is 0 Å². The van der Waals surface area contributed by atoms with Crippen LogP contribution in [0.3, 0.4) is 0 Å². The van der Waals surface area contributed by atoms with Gasteiger partial charge in [0.25, 0.3) is 5.56 Å². The molecule has 1 heterocycles. The maximum Gasteiger partial charge on any atom is 0.293 e. The van der Waals surface area contributed by atoms with Gasteiger partial charge in [-0.15, -0.1) is 0 Å². The minimum Gasteiger partial charge on any atom is -0.365 e. The van der Waals surface area contributed by atoms with Gasteiger partial charge in [0.2, 0.25) is 0 Å². The van der Waals surface area contributed by atoms with E-state index >= 15 is 0 Å². The van der Waals surface area contributed by atoms with Gasteiger partial charge >= 0.3 is 0 Å². The number of nitrogens with one attached hydrogen (secondary N) is 1. The molecule has 1 fully saturated rings. The second kappa shape index (κ2) is 4.65. The lowest BCUT2D eigenvalue weighted by Gasteiger charge is -2.15. The molecule has 1 aromatic rings. The fraction of sp³-hybridized carbons (Fsp3) is 0.636. The molecule has 0 aromatic carbocycles. The molecule has 2 atom stereocenters. The quantitative estimate of drug-likeness (QED) is 0.772. The average Bonchev–Trinajstić information content (AvgIpc) is 2.67. The molecule has 0 saturated heterocycles. The van der Waals surface area contributed by atoms with E-state index < -0.39 is 0 Å². The van der Waals surface area contributed by atoms with E-state index in [1.807, 2.05) is 0 Å². The zero-order valence-electron chi connectivity index (χ0n) is 9.52. The van der Waals surface area contributed by atoms with Crippen LogP contribution in [0.25, 0.3) is 0 Å². The minimum atomic E-state index is -0.0888. The molecule has 1 aromatic heterocycles. The Hall–Kier alpha value is -1.36. The molecule has 1 aliphatic rings. The third-order valence-electron chi connectivity index (χ3n) is 3.27. The van der Waals surface area contributed by atoms with Crippen LogP contribution in [0.1, 0.15) is 19.3 Å². The molecular formula is C11H18N4O. The van der Waals surface area contributed by atoms with Crippen molar-refractivity contribution in [3.63, 3.8) is 0 Å². The predicted octanol–water partition coefficient (Wildman–Crippen LogP) is 0.320. The summed E-state index contributed by atoms with van der Waals surface area (Å²) >= 11 is 0. The van der Waals surface area contributed by atoms with Crippen molar-refractivity contribution in [1.82, 2.24) is 9.55 Å². The zero-order valence-corrected chi connectivity index (χ0v) is 9.52. The summed E-state index contributed by atoms with van der Waals surface area (Å²) in [5.41, 5.74) is 5.88. The average molecular weight is 222 g/mol. The Morgan fingerprint density at radius 3 is 3.12 bits per heavy atom. The first-order valence-corrected chi connectivity index (χ1v) is 5.69. The molecular weight excluding hydrogens is 204 g/mol. The fourth-order valence-corrected chi connectivity index (χ4v) is 2.17. The van der Waals surface area contributed by atoms with Gasteiger partial charge in [-0.05, 0) is 18.8 Å². The number of hydrogen-bond donors (Lipinski definition) is 2. The summed E-state index contributed by atoms with van der Waals surface area (Å²) in [5.74, 6) is 0.885. The molecule has 0 bridgehead atoms. The van der Waals surface area contributed by atoms with E-state index in [1.54, 1.807) is 19.4 Å². The van der Waals surface area contributed by atoms with Crippen molar-refractivity contribution in [2.24, 2.45) is 18.7 Å². The monoisotopic (exact) mass is 222 g/mol. The van der Waals surface area contributed by atoms with Gasteiger partial charge in [-0.3, -0.25) is 4.79 Å². The number of hydrogen-bond acceptors (Lipinski definition) is 4. The van der Waals surface area contributed by atoms with Crippen LogP contribution >= 0.6 is 0 Å². The predicted molar refractivity (Wildman–Crippen MR) is 63.3 cm³/mol. The van der Waals surface area contributed by atoms with Crippen LogP contribution in [0.4, 0.5) is 5.82 Å². The molecule has 0 spiro atoms. The van der Waals surface area contributed by atoms with Crippen molar-refractivity contribution in [3.05, 3.63) is 22.7 Å². The highest BCUT2D eigenvalue weighted by atomic mass is 16.1. The molecule has 16 heavy (non-hydrogen) atoms. The van der Waals surface area contributed by atoms with Gasteiger partial charge in [0.05, 0.1) is 0 Å². The molecule has 5 nitrogen and oxygen atoms in total. The van der Waals surface area contributed by atoms with Crippen LogP contribution in [0, 0.1) is 5.92 Å². The molecule has 0 amide bonds. The molecule has 3 N–H and O–H groups in total. The third kappa shape index (κ3) is 2.24. The first kappa shape index (κ1) is 11.1. The fourth-order valence-electron chi connectivity index (χ4n) is 2.17. The van der Waals surface area contributed by atoms with Gasteiger partial charge in [0, 0.05) is 32.0 Å². The highest BCUT2D eigenvalue weighted by Crippen LogP contribution is 2.23. The SMILES string of the molecule is Cn1ccnc(NCC2CCCC2N)c1=O. The molecule has 1 aliphatic carbocycles. The van der Waals surface area contributed by atoms with Gasteiger partial charge in [-0.2, -0.15) is 0 Å². The van der Waals surface area contributed by atoms with E-state index in [1.165, 1.54) is 11.0 Å². The highest BCUT2D eigenvalue weighted by molar-refractivity contribution is 5.30. The summed E-state index contributed by atoms with van der Waals surface area (Å²) < 4.78 is 1.52. The Morgan fingerprint density at radius 2 is 2.44 bits per heavy atom.